The molecule has 2 aliphatic rings. The van der Waals surface area contributed by atoms with E-state index >= 15 is 0 Å². The molecule has 2 fully saturated rings. The number of aromatic nitrogens is 1. The molecule has 1 aliphatic carbocycles. The zero-order valence-corrected chi connectivity index (χ0v) is 26.8. The van der Waals surface area contributed by atoms with Crippen molar-refractivity contribution in [3.63, 3.8) is 0 Å². The highest BCUT2D eigenvalue weighted by Crippen LogP contribution is 2.47. The molecule has 3 atom stereocenters. The van der Waals surface area contributed by atoms with Crippen LogP contribution in [0.3, 0.4) is 0 Å². The molecule has 12 nitrogen and oxygen atoms in total. The summed E-state index contributed by atoms with van der Waals surface area (Å²) < 4.78 is 16.0. The number of carbonyl (C=O) groups is 4. The second kappa shape index (κ2) is 16.1. The number of Topliss-reactive ketones (excluding diaryl/α,β-unsaturated/α-hetero) is 1. The molecule has 246 valence electrons. The van der Waals surface area contributed by atoms with Crippen molar-refractivity contribution in [2.75, 3.05) is 40.0 Å². The number of methoxy groups -OCH3 is 1. The molecule has 2 heterocycles. The zero-order chi connectivity index (χ0) is 32.4. The fraction of sp³-hybridized carbons (Fsp3) is 0.606. The van der Waals surface area contributed by atoms with Crippen LogP contribution in [0.1, 0.15) is 68.3 Å². The lowest BCUT2D eigenvalue weighted by atomic mass is 9.91. The molecule has 1 saturated heterocycles. The minimum absolute atomic E-state index is 0.0279. The number of amides is 3. The van der Waals surface area contributed by atoms with Gasteiger partial charge in [0, 0.05) is 44.7 Å². The van der Waals surface area contributed by atoms with Crippen molar-refractivity contribution in [1.82, 2.24) is 26.0 Å². The Bertz CT molecular complexity index is 1290. The molecule has 12 heteroatoms. The topological polar surface area (TPSA) is 152 Å². The second-order valence-electron chi connectivity index (χ2n) is 12.7. The predicted octanol–water partition coefficient (Wildman–Crippen LogP) is 2.27. The summed E-state index contributed by atoms with van der Waals surface area (Å²) in [7, 11) is 1.50. The Balaban J connectivity index is 1.46. The minimum atomic E-state index is -1.01. The lowest BCUT2D eigenvalue weighted by molar-refractivity contribution is -0.133. The molecule has 3 amide bonds. The molecular weight excluding hydrogens is 578 g/mol. The standard InChI is InChI=1S/C33H47N5O7/c1-22(2)18-26(29(39)33(3)11-12-33)35-31(41)27(19-23-8-6-5-7-9-23)36-30(40)25(10-15-43-4)34-32(42)28-20-24(45-37-28)21-38-13-16-44-17-14-38/h5-9,20,22,25-27H,10-19,21H2,1-4H3,(H,34,42)(H,35,41)(H,36,40)/t25-,26-,27-/m0/s1. The van der Waals surface area contributed by atoms with Gasteiger partial charge in [-0.1, -0.05) is 56.3 Å². The summed E-state index contributed by atoms with van der Waals surface area (Å²) in [5.74, 6) is -0.827. The molecule has 3 N–H and O–H groups in total. The van der Waals surface area contributed by atoms with Crippen LogP contribution in [-0.4, -0.2) is 91.7 Å². The van der Waals surface area contributed by atoms with Crippen molar-refractivity contribution in [1.29, 1.82) is 0 Å². The van der Waals surface area contributed by atoms with Gasteiger partial charge < -0.3 is 29.9 Å². The number of nitrogens with one attached hydrogen (secondary N) is 3. The largest absolute Gasteiger partial charge is 0.385 e. The molecule has 2 aromatic rings. The van der Waals surface area contributed by atoms with E-state index in [1.165, 1.54) is 7.11 Å². The van der Waals surface area contributed by atoms with Crippen molar-refractivity contribution in [2.24, 2.45) is 11.3 Å². The van der Waals surface area contributed by atoms with Crippen LogP contribution < -0.4 is 16.0 Å². The van der Waals surface area contributed by atoms with E-state index in [1.807, 2.05) is 51.1 Å². The number of ketones is 1. The van der Waals surface area contributed by atoms with E-state index in [9.17, 15) is 19.2 Å². The molecule has 1 aromatic heterocycles. The van der Waals surface area contributed by atoms with Gasteiger partial charge in [-0.15, -0.1) is 0 Å². The number of hydrogen-bond acceptors (Lipinski definition) is 9. The molecular formula is C33H47N5O7. The summed E-state index contributed by atoms with van der Waals surface area (Å²) in [6.07, 6.45) is 2.49. The second-order valence-corrected chi connectivity index (χ2v) is 12.7. The third kappa shape index (κ3) is 10.2. The Morgan fingerprint density at radius 3 is 2.29 bits per heavy atom. The molecule has 45 heavy (non-hydrogen) atoms. The summed E-state index contributed by atoms with van der Waals surface area (Å²) in [5.41, 5.74) is 0.478. The van der Waals surface area contributed by atoms with E-state index in [0.717, 1.165) is 31.5 Å². The average Bonchev–Trinajstić information content (AvgIpc) is 3.61. The van der Waals surface area contributed by atoms with Crippen LogP contribution in [0.2, 0.25) is 0 Å². The van der Waals surface area contributed by atoms with E-state index in [4.69, 9.17) is 14.0 Å². The maximum absolute atomic E-state index is 13.7. The van der Waals surface area contributed by atoms with Crippen LogP contribution >= 0.6 is 0 Å². The predicted molar refractivity (Wildman–Crippen MR) is 166 cm³/mol. The van der Waals surface area contributed by atoms with Crippen LogP contribution in [0, 0.1) is 11.3 Å². The molecule has 1 aliphatic heterocycles. The van der Waals surface area contributed by atoms with Gasteiger partial charge in [-0.25, -0.2) is 0 Å². The lowest BCUT2D eigenvalue weighted by Gasteiger charge is -2.27. The molecule has 0 radical (unpaired) electrons. The number of ether oxygens (including phenoxy) is 2. The van der Waals surface area contributed by atoms with Crippen molar-refractivity contribution in [3.8, 4) is 0 Å². The number of benzene rings is 1. The Kier molecular flexibility index (Phi) is 12.3. The molecule has 4 rings (SSSR count). The number of nitrogens with zero attached hydrogens (tertiary/aromatic N) is 2. The summed E-state index contributed by atoms with van der Waals surface area (Å²) in [4.78, 5) is 56.0. The van der Waals surface area contributed by atoms with Gasteiger partial charge in [0.2, 0.25) is 11.8 Å². The highest BCUT2D eigenvalue weighted by Gasteiger charge is 2.48. The molecule has 1 aromatic carbocycles. The van der Waals surface area contributed by atoms with Crippen LogP contribution in [0.15, 0.2) is 40.9 Å². The molecule has 1 saturated carbocycles. The fourth-order valence-electron chi connectivity index (χ4n) is 5.37. The first-order chi connectivity index (χ1) is 21.6. The van der Waals surface area contributed by atoms with Gasteiger partial charge in [0.25, 0.3) is 5.91 Å². The number of morpholine rings is 1. The quantitative estimate of drug-likeness (QED) is 0.240. The van der Waals surface area contributed by atoms with E-state index in [0.29, 0.717) is 31.9 Å². The maximum atomic E-state index is 13.7. The Hall–Kier alpha value is -3.61. The number of rotatable bonds is 17. The van der Waals surface area contributed by atoms with Crippen LogP contribution in [-0.2, 0) is 36.8 Å². The van der Waals surface area contributed by atoms with Crippen molar-refractivity contribution in [2.45, 2.75) is 77.5 Å². The zero-order valence-electron chi connectivity index (χ0n) is 26.8. The van der Waals surface area contributed by atoms with Gasteiger partial charge in [-0.05, 0) is 37.2 Å². The van der Waals surface area contributed by atoms with E-state index < -0.39 is 41.3 Å². The monoisotopic (exact) mass is 625 g/mol. The lowest BCUT2D eigenvalue weighted by Crippen LogP contribution is -2.57. The third-order valence-corrected chi connectivity index (χ3v) is 8.36. The Labute approximate surface area is 264 Å². The normalized spacial score (nSPS) is 18.1. The molecule has 0 spiro atoms. The summed E-state index contributed by atoms with van der Waals surface area (Å²) in [6.45, 7) is 9.41. The minimum Gasteiger partial charge on any atom is -0.385 e. The van der Waals surface area contributed by atoms with Gasteiger partial charge >= 0.3 is 0 Å². The smallest absolute Gasteiger partial charge is 0.274 e. The summed E-state index contributed by atoms with van der Waals surface area (Å²) in [6, 6.07) is 8.25. The maximum Gasteiger partial charge on any atom is 0.274 e. The van der Waals surface area contributed by atoms with E-state index in [2.05, 4.69) is 26.0 Å². The van der Waals surface area contributed by atoms with E-state index in [1.54, 1.807) is 6.07 Å². The first kappa shape index (κ1) is 34.3. The summed E-state index contributed by atoms with van der Waals surface area (Å²) >= 11 is 0. The van der Waals surface area contributed by atoms with Gasteiger partial charge in [0.05, 0.1) is 25.8 Å². The van der Waals surface area contributed by atoms with Gasteiger partial charge in [-0.3, -0.25) is 24.1 Å². The van der Waals surface area contributed by atoms with Crippen LogP contribution in [0.25, 0.3) is 0 Å². The van der Waals surface area contributed by atoms with Crippen LogP contribution in [0.4, 0.5) is 0 Å². The first-order valence-electron chi connectivity index (χ1n) is 15.8. The highest BCUT2D eigenvalue weighted by atomic mass is 16.5. The highest BCUT2D eigenvalue weighted by molar-refractivity contribution is 5.98. The molecule has 0 bridgehead atoms. The number of hydrogen-bond donors (Lipinski definition) is 3. The van der Waals surface area contributed by atoms with Crippen molar-refractivity contribution < 1.29 is 33.2 Å². The Morgan fingerprint density at radius 2 is 1.64 bits per heavy atom. The number of carbonyl (C=O) groups excluding carboxylic acids is 4. The summed E-state index contributed by atoms with van der Waals surface area (Å²) in [5, 5.41) is 12.4. The Morgan fingerprint density at radius 1 is 0.978 bits per heavy atom. The first-order valence-corrected chi connectivity index (χ1v) is 15.8. The SMILES string of the molecule is COCC[C@H](NC(=O)c1cc(CN2CCOCC2)on1)C(=O)N[C@@H](Cc1ccccc1)C(=O)N[C@@H](CC(C)C)C(=O)C1(C)CC1. The van der Waals surface area contributed by atoms with E-state index in [-0.39, 0.29) is 36.8 Å². The van der Waals surface area contributed by atoms with Gasteiger partial charge in [0.15, 0.2) is 17.2 Å². The van der Waals surface area contributed by atoms with Crippen molar-refractivity contribution in [3.05, 3.63) is 53.4 Å². The average molecular weight is 626 g/mol. The van der Waals surface area contributed by atoms with Crippen molar-refractivity contribution >= 4 is 23.5 Å². The van der Waals surface area contributed by atoms with Gasteiger partial charge in [0.1, 0.15) is 12.1 Å². The van der Waals surface area contributed by atoms with Crippen LogP contribution in [0.5, 0.6) is 0 Å². The molecule has 0 unspecified atom stereocenters. The third-order valence-electron chi connectivity index (χ3n) is 8.36. The van der Waals surface area contributed by atoms with Gasteiger partial charge in [-0.2, -0.15) is 0 Å². The fourth-order valence-corrected chi connectivity index (χ4v) is 5.37.